The first-order valence-corrected chi connectivity index (χ1v) is 8.87. The van der Waals surface area contributed by atoms with Crippen molar-refractivity contribution < 1.29 is 9.84 Å². The molecule has 2 aromatic carbocycles. The van der Waals surface area contributed by atoms with E-state index in [1.807, 2.05) is 6.07 Å². The minimum atomic E-state index is 0.200. The molecule has 0 bridgehead atoms. The Morgan fingerprint density at radius 2 is 1.71 bits per heavy atom. The fourth-order valence-electron chi connectivity index (χ4n) is 3.42. The van der Waals surface area contributed by atoms with E-state index in [2.05, 4.69) is 49.1 Å². The number of hydrogen-bond acceptors (Lipinski definition) is 3. The Morgan fingerprint density at radius 3 is 2.38 bits per heavy atom. The fraction of sp³-hybridized carbons (Fsp3) is 0.429. The Balaban J connectivity index is 1.59. The van der Waals surface area contributed by atoms with Crippen LogP contribution in [-0.2, 0) is 6.54 Å². The third-order valence-electron chi connectivity index (χ3n) is 4.68. The van der Waals surface area contributed by atoms with Gasteiger partial charge in [0.2, 0.25) is 0 Å². The molecule has 3 nitrogen and oxygen atoms in total. The van der Waals surface area contributed by atoms with E-state index < -0.39 is 0 Å². The molecule has 3 rings (SSSR count). The van der Waals surface area contributed by atoms with Crippen molar-refractivity contribution in [3.8, 4) is 11.5 Å². The number of likely N-dealkylation sites (tertiary alicyclic amines) is 1. The molecule has 0 aromatic heterocycles. The number of benzene rings is 2. The van der Waals surface area contributed by atoms with Crippen LogP contribution < -0.4 is 4.74 Å². The van der Waals surface area contributed by atoms with Gasteiger partial charge in [-0.3, -0.25) is 4.90 Å². The van der Waals surface area contributed by atoms with Crippen molar-refractivity contribution in [2.24, 2.45) is 0 Å². The monoisotopic (exact) mass is 325 g/mol. The van der Waals surface area contributed by atoms with Crippen LogP contribution in [-0.4, -0.2) is 29.2 Å². The zero-order valence-electron chi connectivity index (χ0n) is 14.6. The van der Waals surface area contributed by atoms with Gasteiger partial charge in [-0.1, -0.05) is 30.3 Å². The molecule has 1 heterocycles. The SMILES string of the molecule is CC(C)Oc1ccccc1CN1CCC(c2ccc(O)cc2)CC1. The number of ether oxygens (including phenoxy) is 1. The Labute approximate surface area is 144 Å². The van der Waals surface area contributed by atoms with Crippen LogP contribution in [0.25, 0.3) is 0 Å². The number of piperidine rings is 1. The molecule has 0 spiro atoms. The first kappa shape index (κ1) is 16.8. The fourth-order valence-corrected chi connectivity index (χ4v) is 3.42. The number of nitrogens with zero attached hydrogens (tertiary/aromatic N) is 1. The highest BCUT2D eigenvalue weighted by Crippen LogP contribution is 2.30. The molecule has 0 atom stereocenters. The number of rotatable bonds is 5. The molecule has 3 heteroatoms. The lowest BCUT2D eigenvalue weighted by molar-refractivity contribution is 0.195. The first-order valence-electron chi connectivity index (χ1n) is 8.87. The Bertz CT molecular complexity index is 643. The highest BCUT2D eigenvalue weighted by Gasteiger charge is 2.21. The van der Waals surface area contributed by atoms with Gasteiger partial charge < -0.3 is 9.84 Å². The summed E-state index contributed by atoms with van der Waals surface area (Å²) in [6.07, 6.45) is 2.53. The minimum Gasteiger partial charge on any atom is -0.508 e. The molecule has 1 N–H and O–H groups in total. The highest BCUT2D eigenvalue weighted by molar-refractivity contribution is 5.33. The molecular weight excluding hydrogens is 298 g/mol. The third-order valence-corrected chi connectivity index (χ3v) is 4.68. The molecule has 1 saturated heterocycles. The summed E-state index contributed by atoms with van der Waals surface area (Å²) >= 11 is 0. The van der Waals surface area contributed by atoms with E-state index in [1.54, 1.807) is 12.1 Å². The quantitative estimate of drug-likeness (QED) is 0.875. The van der Waals surface area contributed by atoms with Crippen LogP contribution in [0.1, 0.15) is 43.7 Å². The normalized spacial score (nSPS) is 16.5. The molecule has 1 aliphatic heterocycles. The molecule has 128 valence electrons. The second-order valence-electron chi connectivity index (χ2n) is 6.92. The van der Waals surface area contributed by atoms with Gasteiger partial charge in [0.25, 0.3) is 0 Å². The maximum absolute atomic E-state index is 9.43. The summed E-state index contributed by atoms with van der Waals surface area (Å²) in [5, 5.41) is 9.43. The van der Waals surface area contributed by atoms with E-state index in [0.717, 1.165) is 38.2 Å². The number of para-hydroxylation sites is 1. The number of phenols is 1. The molecule has 24 heavy (non-hydrogen) atoms. The maximum atomic E-state index is 9.43. The third kappa shape index (κ3) is 4.30. The largest absolute Gasteiger partial charge is 0.508 e. The van der Waals surface area contributed by atoms with E-state index in [4.69, 9.17) is 4.74 Å². The summed E-state index contributed by atoms with van der Waals surface area (Å²) in [6, 6.07) is 16.1. The second-order valence-corrected chi connectivity index (χ2v) is 6.92. The first-order chi connectivity index (χ1) is 11.6. The van der Waals surface area contributed by atoms with Crippen LogP contribution in [0, 0.1) is 0 Å². The molecule has 0 unspecified atom stereocenters. The summed E-state index contributed by atoms with van der Waals surface area (Å²) in [4.78, 5) is 2.51. The number of hydrogen-bond donors (Lipinski definition) is 1. The predicted molar refractivity (Wildman–Crippen MR) is 97.6 cm³/mol. The van der Waals surface area contributed by atoms with Gasteiger partial charge >= 0.3 is 0 Å². The molecule has 1 fully saturated rings. The van der Waals surface area contributed by atoms with Crippen LogP contribution >= 0.6 is 0 Å². The Kier molecular flexibility index (Phi) is 5.41. The van der Waals surface area contributed by atoms with Crippen LogP contribution in [0.5, 0.6) is 11.5 Å². The van der Waals surface area contributed by atoms with Crippen LogP contribution in [0.4, 0.5) is 0 Å². The molecule has 0 saturated carbocycles. The zero-order valence-corrected chi connectivity index (χ0v) is 14.6. The van der Waals surface area contributed by atoms with Gasteiger partial charge in [0.05, 0.1) is 6.10 Å². The lowest BCUT2D eigenvalue weighted by Crippen LogP contribution is -2.32. The van der Waals surface area contributed by atoms with Gasteiger partial charge in [0, 0.05) is 12.1 Å². The van der Waals surface area contributed by atoms with Crippen molar-refractivity contribution >= 4 is 0 Å². The van der Waals surface area contributed by atoms with E-state index in [0.29, 0.717) is 11.7 Å². The summed E-state index contributed by atoms with van der Waals surface area (Å²) in [5.41, 5.74) is 2.62. The Morgan fingerprint density at radius 1 is 1.04 bits per heavy atom. The topological polar surface area (TPSA) is 32.7 Å². The van der Waals surface area contributed by atoms with Crippen molar-refractivity contribution in [3.05, 3.63) is 59.7 Å². The van der Waals surface area contributed by atoms with Crippen molar-refractivity contribution in [2.75, 3.05) is 13.1 Å². The van der Waals surface area contributed by atoms with E-state index in [9.17, 15) is 5.11 Å². The van der Waals surface area contributed by atoms with Crippen molar-refractivity contribution in [1.82, 2.24) is 4.90 Å². The molecule has 2 aromatic rings. The van der Waals surface area contributed by atoms with Crippen molar-refractivity contribution in [1.29, 1.82) is 0 Å². The van der Waals surface area contributed by atoms with E-state index >= 15 is 0 Å². The van der Waals surface area contributed by atoms with E-state index in [1.165, 1.54) is 11.1 Å². The molecule has 1 aliphatic rings. The second kappa shape index (κ2) is 7.71. The minimum absolute atomic E-state index is 0.200. The van der Waals surface area contributed by atoms with E-state index in [-0.39, 0.29) is 6.10 Å². The molecule has 0 radical (unpaired) electrons. The molecular formula is C21H27NO2. The summed E-state index contributed by atoms with van der Waals surface area (Å²) in [7, 11) is 0. The number of aromatic hydroxyl groups is 1. The van der Waals surface area contributed by atoms with Gasteiger partial charge in [0.1, 0.15) is 11.5 Å². The summed E-state index contributed by atoms with van der Waals surface area (Å²) in [5.74, 6) is 1.95. The zero-order chi connectivity index (χ0) is 16.9. The average molecular weight is 325 g/mol. The smallest absolute Gasteiger partial charge is 0.124 e. The maximum Gasteiger partial charge on any atom is 0.124 e. The highest BCUT2D eigenvalue weighted by atomic mass is 16.5. The molecule has 0 aliphatic carbocycles. The van der Waals surface area contributed by atoms with Gasteiger partial charge in [-0.05, 0) is 69.5 Å². The summed E-state index contributed by atoms with van der Waals surface area (Å²) in [6.45, 7) is 7.29. The summed E-state index contributed by atoms with van der Waals surface area (Å²) < 4.78 is 5.94. The van der Waals surface area contributed by atoms with Gasteiger partial charge in [-0.15, -0.1) is 0 Å². The lowest BCUT2D eigenvalue weighted by atomic mass is 9.89. The average Bonchev–Trinajstić information content (AvgIpc) is 2.58. The number of phenolic OH excluding ortho intramolecular Hbond substituents is 1. The van der Waals surface area contributed by atoms with Gasteiger partial charge in [-0.25, -0.2) is 0 Å². The standard InChI is InChI=1S/C21H27NO2/c1-16(2)24-21-6-4-3-5-19(21)15-22-13-11-18(12-14-22)17-7-9-20(23)10-8-17/h3-10,16,18,23H,11-15H2,1-2H3. The van der Waals surface area contributed by atoms with Crippen LogP contribution in [0.15, 0.2) is 48.5 Å². The predicted octanol–water partition coefficient (Wildman–Crippen LogP) is 4.56. The van der Waals surface area contributed by atoms with Crippen LogP contribution in [0.2, 0.25) is 0 Å². The molecule has 0 amide bonds. The van der Waals surface area contributed by atoms with Crippen LogP contribution in [0.3, 0.4) is 0 Å². The van der Waals surface area contributed by atoms with Crippen molar-refractivity contribution in [2.45, 2.75) is 45.3 Å². The van der Waals surface area contributed by atoms with Crippen molar-refractivity contribution in [3.63, 3.8) is 0 Å². The van der Waals surface area contributed by atoms with Gasteiger partial charge in [0.15, 0.2) is 0 Å². The lowest BCUT2D eigenvalue weighted by Gasteiger charge is -2.32. The Hall–Kier alpha value is -2.00. The van der Waals surface area contributed by atoms with Gasteiger partial charge in [-0.2, -0.15) is 0 Å².